The maximum atomic E-state index is 12.4. The second-order valence-corrected chi connectivity index (χ2v) is 6.29. The summed E-state index contributed by atoms with van der Waals surface area (Å²) in [6, 6.07) is -1.11. The number of aliphatic hydroxyl groups is 1. The van der Waals surface area contributed by atoms with Crippen molar-refractivity contribution >= 4 is 34.9 Å². The van der Waals surface area contributed by atoms with Gasteiger partial charge in [0.1, 0.15) is 0 Å². The molecule has 0 aromatic carbocycles. The highest BCUT2D eigenvalue weighted by Gasteiger charge is 2.28. The largest absolute Gasteiger partial charge is 0.387 e. The fourth-order valence-electron chi connectivity index (χ4n) is 2.29. The maximum Gasteiger partial charge on any atom is 0.254 e. The summed E-state index contributed by atoms with van der Waals surface area (Å²) in [5.41, 5.74) is 0.974. The first kappa shape index (κ1) is 17.8. The number of rotatable bonds is 5. The van der Waals surface area contributed by atoms with Crippen LogP contribution in [0.3, 0.4) is 0 Å². The third kappa shape index (κ3) is 4.70. The third-order valence-corrected chi connectivity index (χ3v) is 4.19. The van der Waals surface area contributed by atoms with Crippen LogP contribution >= 0.6 is 23.2 Å². The molecule has 7 heteroatoms. The van der Waals surface area contributed by atoms with Crippen LogP contribution < -0.4 is 10.6 Å². The molecule has 0 spiro atoms. The van der Waals surface area contributed by atoms with Gasteiger partial charge in [0.25, 0.3) is 5.91 Å². The number of Topliss-reactive ketones (excluding diaryl/α,β-unsaturated/α-hetero) is 1. The Hall–Kier alpha value is -1.56. The predicted octanol–water partition coefficient (Wildman–Crippen LogP) is 2.22. The molecule has 2 aliphatic carbocycles. The molecule has 2 aliphatic rings. The van der Waals surface area contributed by atoms with Gasteiger partial charge in [-0.05, 0) is 38.0 Å². The van der Waals surface area contributed by atoms with Gasteiger partial charge in [-0.25, -0.2) is 0 Å². The first-order valence-electron chi connectivity index (χ1n) is 7.26. The molecule has 2 unspecified atom stereocenters. The summed E-state index contributed by atoms with van der Waals surface area (Å²) in [4.78, 5) is 24.2. The average molecular weight is 357 g/mol. The van der Waals surface area contributed by atoms with Crippen molar-refractivity contribution in [1.29, 1.82) is 0 Å². The van der Waals surface area contributed by atoms with Crippen LogP contribution in [0.15, 0.2) is 45.8 Å². The Morgan fingerprint density at radius 1 is 1.35 bits per heavy atom. The van der Waals surface area contributed by atoms with Gasteiger partial charge in [0, 0.05) is 22.8 Å². The lowest BCUT2D eigenvalue weighted by Gasteiger charge is -2.25. The Balaban J connectivity index is 2.11. The van der Waals surface area contributed by atoms with Crippen molar-refractivity contribution in [2.24, 2.45) is 0 Å². The first-order chi connectivity index (χ1) is 10.9. The topological polar surface area (TPSA) is 78.4 Å². The Morgan fingerprint density at radius 3 is 2.70 bits per heavy atom. The van der Waals surface area contributed by atoms with E-state index in [9.17, 15) is 14.7 Å². The molecule has 2 rings (SSSR count). The van der Waals surface area contributed by atoms with Crippen LogP contribution in [0.25, 0.3) is 0 Å². The van der Waals surface area contributed by atoms with Gasteiger partial charge in [-0.3, -0.25) is 9.59 Å². The van der Waals surface area contributed by atoms with Crippen molar-refractivity contribution in [2.75, 3.05) is 0 Å². The third-order valence-electron chi connectivity index (χ3n) is 3.56. The van der Waals surface area contributed by atoms with Crippen molar-refractivity contribution in [3.63, 3.8) is 0 Å². The molecule has 23 heavy (non-hydrogen) atoms. The number of ketones is 1. The second kappa shape index (κ2) is 7.81. The number of nitrogens with one attached hydrogen (secondary N) is 2. The van der Waals surface area contributed by atoms with E-state index in [4.69, 9.17) is 23.2 Å². The molecule has 0 heterocycles. The first-order valence-corrected chi connectivity index (χ1v) is 8.01. The van der Waals surface area contributed by atoms with Gasteiger partial charge in [0.2, 0.25) is 0 Å². The van der Waals surface area contributed by atoms with E-state index in [1.165, 1.54) is 6.92 Å². The molecule has 0 radical (unpaired) electrons. The van der Waals surface area contributed by atoms with E-state index in [-0.39, 0.29) is 12.2 Å². The van der Waals surface area contributed by atoms with Gasteiger partial charge in [-0.15, -0.1) is 0 Å². The van der Waals surface area contributed by atoms with E-state index in [0.717, 1.165) is 6.42 Å². The molecule has 2 atom stereocenters. The second-order valence-electron chi connectivity index (χ2n) is 5.40. The summed E-state index contributed by atoms with van der Waals surface area (Å²) >= 11 is 11.9. The number of amides is 1. The Bertz CT molecular complexity index is 635. The van der Waals surface area contributed by atoms with Crippen molar-refractivity contribution in [1.82, 2.24) is 10.6 Å². The van der Waals surface area contributed by atoms with E-state index in [0.29, 0.717) is 27.9 Å². The van der Waals surface area contributed by atoms with Crippen LogP contribution in [0, 0.1) is 0 Å². The predicted molar refractivity (Wildman–Crippen MR) is 89.6 cm³/mol. The number of aliphatic hydroxyl groups excluding tert-OH is 1. The van der Waals surface area contributed by atoms with E-state index >= 15 is 0 Å². The number of hydrogen-bond donors (Lipinski definition) is 3. The van der Waals surface area contributed by atoms with Crippen LogP contribution in [-0.4, -0.2) is 28.9 Å². The molecular weight excluding hydrogens is 339 g/mol. The maximum absolute atomic E-state index is 12.4. The van der Waals surface area contributed by atoms with E-state index in [1.54, 1.807) is 18.2 Å². The van der Waals surface area contributed by atoms with Gasteiger partial charge in [0.05, 0.1) is 11.1 Å². The summed E-state index contributed by atoms with van der Waals surface area (Å²) in [6.45, 7) is 1.31. The Labute approximate surface area is 144 Å². The summed E-state index contributed by atoms with van der Waals surface area (Å²) in [7, 11) is 0. The molecule has 3 N–H and O–H groups in total. The molecule has 124 valence electrons. The minimum atomic E-state index is -1.11. The lowest BCUT2D eigenvalue weighted by molar-refractivity contribution is -0.129. The highest BCUT2D eigenvalue weighted by atomic mass is 35.5. The molecule has 0 aromatic rings. The fourth-order valence-corrected chi connectivity index (χ4v) is 2.73. The quantitative estimate of drug-likeness (QED) is 0.660. The van der Waals surface area contributed by atoms with Crippen LogP contribution in [-0.2, 0) is 9.59 Å². The highest BCUT2D eigenvalue weighted by molar-refractivity contribution is 6.31. The number of hydrogen-bond acceptors (Lipinski definition) is 4. The van der Waals surface area contributed by atoms with Crippen molar-refractivity contribution in [3.8, 4) is 0 Å². The Kier molecular flexibility index (Phi) is 6.04. The monoisotopic (exact) mass is 356 g/mol. The van der Waals surface area contributed by atoms with Gasteiger partial charge in [-0.1, -0.05) is 29.3 Å². The average Bonchev–Trinajstić information content (AvgIpc) is 2.48. The van der Waals surface area contributed by atoms with Gasteiger partial charge < -0.3 is 15.7 Å². The molecule has 0 fully saturated rings. The van der Waals surface area contributed by atoms with E-state index < -0.39 is 18.1 Å². The van der Waals surface area contributed by atoms with Crippen molar-refractivity contribution < 1.29 is 14.7 Å². The summed E-state index contributed by atoms with van der Waals surface area (Å²) in [6.07, 6.45) is 7.57. The summed E-state index contributed by atoms with van der Waals surface area (Å²) in [5.74, 6) is -0.867. The number of carbonyl (C=O) groups is 2. The molecular formula is C16H18Cl2N2O3. The van der Waals surface area contributed by atoms with E-state index in [1.807, 2.05) is 6.08 Å². The molecule has 0 saturated heterocycles. The molecule has 0 aromatic heterocycles. The number of halogens is 2. The van der Waals surface area contributed by atoms with Gasteiger partial charge >= 0.3 is 0 Å². The summed E-state index contributed by atoms with van der Waals surface area (Å²) in [5, 5.41) is 16.4. The van der Waals surface area contributed by atoms with Crippen LogP contribution in [0.2, 0.25) is 0 Å². The number of allylic oxidation sites excluding steroid dienone is 6. The highest BCUT2D eigenvalue weighted by Crippen LogP contribution is 2.22. The lowest BCUT2D eigenvalue weighted by atomic mass is 10.0. The SMILES string of the molecule is CC(=O)C(NC1=CC=C(Cl)CC1O)C(=O)NC1=C(Cl)C=CCC1. The Morgan fingerprint density at radius 2 is 2.09 bits per heavy atom. The van der Waals surface area contributed by atoms with E-state index in [2.05, 4.69) is 10.6 Å². The lowest BCUT2D eigenvalue weighted by Crippen LogP contribution is -2.49. The zero-order valence-electron chi connectivity index (χ0n) is 12.6. The minimum absolute atomic E-state index is 0.244. The molecule has 0 aliphatic heterocycles. The number of carbonyl (C=O) groups excluding carboxylic acids is 2. The van der Waals surface area contributed by atoms with Gasteiger partial charge in [0.15, 0.2) is 11.8 Å². The normalized spacial score (nSPS) is 22.2. The standard InChI is InChI=1S/C16H18Cl2N2O3/c1-9(21)15(19-13-7-6-10(17)8-14(13)22)16(23)20-12-5-3-2-4-11(12)18/h2,4,6-7,14-15,19,22H,3,5,8H2,1H3,(H,20,23). The summed E-state index contributed by atoms with van der Waals surface area (Å²) < 4.78 is 0. The molecule has 0 saturated carbocycles. The van der Waals surface area contributed by atoms with Crippen LogP contribution in [0.1, 0.15) is 26.2 Å². The zero-order valence-corrected chi connectivity index (χ0v) is 14.1. The smallest absolute Gasteiger partial charge is 0.254 e. The van der Waals surface area contributed by atoms with Crippen LogP contribution in [0.4, 0.5) is 0 Å². The zero-order chi connectivity index (χ0) is 17.0. The molecule has 1 amide bonds. The fraction of sp³-hybridized carbons (Fsp3) is 0.375. The molecule has 5 nitrogen and oxygen atoms in total. The van der Waals surface area contributed by atoms with Gasteiger partial charge in [-0.2, -0.15) is 0 Å². The van der Waals surface area contributed by atoms with Crippen LogP contribution in [0.5, 0.6) is 0 Å². The minimum Gasteiger partial charge on any atom is -0.387 e. The van der Waals surface area contributed by atoms with Crippen molar-refractivity contribution in [3.05, 3.63) is 45.8 Å². The van der Waals surface area contributed by atoms with Crippen molar-refractivity contribution in [2.45, 2.75) is 38.3 Å². The molecule has 0 bridgehead atoms.